The Morgan fingerprint density at radius 2 is 1.68 bits per heavy atom. The Kier molecular flexibility index (Phi) is 3.27. The fourth-order valence-electron chi connectivity index (χ4n) is 2.82. The van der Waals surface area contributed by atoms with Crippen molar-refractivity contribution in [1.82, 2.24) is 19.9 Å². The predicted octanol–water partition coefficient (Wildman–Crippen LogP) is 1.75. The molecule has 1 aliphatic rings. The van der Waals surface area contributed by atoms with E-state index in [4.69, 9.17) is 0 Å². The number of nitrogens with zero attached hydrogens (tertiary/aromatic N) is 6. The molecule has 0 amide bonds. The third-order valence-corrected chi connectivity index (χ3v) is 4.01. The van der Waals surface area contributed by atoms with E-state index in [2.05, 4.69) is 47.9 Å². The summed E-state index contributed by atoms with van der Waals surface area (Å²) >= 11 is 0. The lowest BCUT2D eigenvalue weighted by Gasteiger charge is -2.36. The summed E-state index contributed by atoms with van der Waals surface area (Å²) in [5.41, 5.74) is 2.21. The first-order valence-electron chi connectivity index (χ1n) is 7.36. The Bertz CT molecular complexity index is 768. The number of aromatic nitrogens is 4. The Morgan fingerprint density at radius 1 is 0.818 bits per heavy atom. The van der Waals surface area contributed by atoms with Crippen LogP contribution < -0.4 is 9.80 Å². The molecule has 0 radical (unpaired) electrons. The fraction of sp³-hybridized carbons (Fsp3) is 0.250. The first-order valence-corrected chi connectivity index (χ1v) is 7.36. The summed E-state index contributed by atoms with van der Waals surface area (Å²) in [6, 6.07) is 6.35. The van der Waals surface area contributed by atoms with Crippen LogP contribution >= 0.6 is 0 Å². The van der Waals surface area contributed by atoms with Crippen molar-refractivity contribution < 1.29 is 0 Å². The highest BCUT2D eigenvalue weighted by atomic mass is 15.3. The van der Waals surface area contributed by atoms with Gasteiger partial charge < -0.3 is 9.80 Å². The van der Waals surface area contributed by atoms with Gasteiger partial charge in [0.25, 0.3) is 0 Å². The van der Waals surface area contributed by atoms with Gasteiger partial charge >= 0.3 is 0 Å². The molecule has 1 fully saturated rings. The molecule has 2 aromatic heterocycles. The van der Waals surface area contributed by atoms with Gasteiger partial charge in [-0.05, 0) is 18.2 Å². The monoisotopic (exact) mass is 292 g/mol. The molecule has 3 heterocycles. The van der Waals surface area contributed by atoms with Gasteiger partial charge in [-0.2, -0.15) is 0 Å². The molecule has 6 heteroatoms. The van der Waals surface area contributed by atoms with E-state index in [9.17, 15) is 0 Å². The second kappa shape index (κ2) is 5.55. The third-order valence-electron chi connectivity index (χ3n) is 4.01. The van der Waals surface area contributed by atoms with Gasteiger partial charge in [-0.25, -0.2) is 15.0 Å². The standard InChI is InChI=1S/C16H16N6/c1-2-15-13(10-18-12-20-15)9-14(1)21-5-7-22(8-6-21)16-11-17-3-4-19-16/h1-4,9-12H,5-8H2. The lowest BCUT2D eigenvalue weighted by Crippen LogP contribution is -2.46. The number of rotatable bonds is 2. The van der Waals surface area contributed by atoms with Gasteiger partial charge in [0.15, 0.2) is 0 Å². The summed E-state index contributed by atoms with van der Waals surface area (Å²) < 4.78 is 0. The van der Waals surface area contributed by atoms with Crippen LogP contribution in [0.4, 0.5) is 11.5 Å². The minimum Gasteiger partial charge on any atom is -0.368 e. The SMILES string of the molecule is c1cnc(N2CCN(c3ccc4ncncc4c3)CC2)cn1. The van der Waals surface area contributed by atoms with Crippen LogP contribution in [0, 0.1) is 0 Å². The molecule has 4 rings (SSSR count). The van der Waals surface area contributed by atoms with Crippen LogP contribution in [0.15, 0.2) is 49.3 Å². The molecule has 6 nitrogen and oxygen atoms in total. The molecule has 0 aliphatic carbocycles. The van der Waals surface area contributed by atoms with E-state index >= 15 is 0 Å². The van der Waals surface area contributed by atoms with Gasteiger partial charge in [0.05, 0.1) is 11.7 Å². The summed E-state index contributed by atoms with van der Waals surface area (Å²) in [5.74, 6) is 0.953. The molecule has 0 spiro atoms. The van der Waals surface area contributed by atoms with Crippen molar-refractivity contribution in [3.8, 4) is 0 Å². The zero-order valence-corrected chi connectivity index (χ0v) is 12.1. The van der Waals surface area contributed by atoms with Crippen molar-refractivity contribution in [2.24, 2.45) is 0 Å². The summed E-state index contributed by atoms with van der Waals surface area (Å²) in [6.07, 6.45) is 8.72. The molecule has 1 aliphatic heterocycles. The Hall–Kier alpha value is -2.76. The van der Waals surface area contributed by atoms with Gasteiger partial charge in [-0.3, -0.25) is 4.98 Å². The van der Waals surface area contributed by atoms with Crippen molar-refractivity contribution in [3.63, 3.8) is 0 Å². The summed E-state index contributed by atoms with van der Waals surface area (Å²) in [5, 5.41) is 1.08. The molecule has 1 saturated heterocycles. The molecule has 0 N–H and O–H groups in total. The van der Waals surface area contributed by atoms with E-state index < -0.39 is 0 Å². The second-order valence-electron chi connectivity index (χ2n) is 5.30. The highest BCUT2D eigenvalue weighted by Crippen LogP contribution is 2.22. The van der Waals surface area contributed by atoms with Gasteiger partial charge in [0, 0.05) is 55.8 Å². The molecule has 3 aromatic rings. The first kappa shape index (κ1) is 12.9. The van der Waals surface area contributed by atoms with Crippen molar-refractivity contribution >= 4 is 22.4 Å². The molecule has 0 unspecified atom stereocenters. The van der Waals surface area contributed by atoms with Crippen molar-refractivity contribution in [2.45, 2.75) is 0 Å². The Balaban J connectivity index is 1.50. The number of benzene rings is 1. The zero-order chi connectivity index (χ0) is 14.8. The molecule has 0 bridgehead atoms. The van der Waals surface area contributed by atoms with Crippen molar-refractivity contribution in [3.05, 3.63) is 49.3 Å². The number of piperazine rings is 1. The molecule has 22 heavy (non-hydrogen) atoms. The highest BCUT2D eigenvalue weighted by Gasteiger charge is 2.18. The quantitative estimate of drug-likeness (QED) is 0.717. The normalized spacial score (nSPS) is 15.3. The van der Waals surface area contributed by atoms with E-state index in [1.54, 1.807) is 18.7 Å². The molecule has 0 saturated carbocycles. The van der Waals surface area contributed by atoms with Crippen LogP contribution in [0.5, 0.6) is 0 Å². The maximum Gasteiger partial charge on any atom is 0.147 e. The fourth-order valence-corrected chi connectivity index (χ4v) is 2.82. The predicted molar refractivity (Wildman–Crippen MR) is 86.0 cm³/mol. The van der Waals surface area contributed by atoms with Crippen LogP contribution in [0.25, 0.3) is 10.9 Å². The van der Waals surface area contributed by atoms with Crippen LogP contribution in [-0.2, 0) is 0 Å². The molecule has 1 aromatic carbocycles. The number of hydrogen-bond acceptors (Lipinski definition) is 6. The zero-order valence-electron chi connectivity index (χ0n) is 12.1. The number of hydrogen-bond donors (Lipinski definition) is 0. The van der Waals surface area contributed by atoms with Crippen molar-refractivity contribution in [2.75, 3.05) is 36.0 Å². The van der Waals surface area contributed by atoms with Gasteiger partial charge in [0.1, 0.15) is 12.1 Å². The molecular formula is C16H16N6. The first-order chi connectivity index (χ1) is 10.9. The summed E-state index contributed by atoms with van der Waals surface area (Å²) in [4.78, 5) is 21.5. The number of anilines is 2. The largest absolute Gasteiger partial charge is 0.368 e. The van der Waals surface area contributed by atoms with Gasteiger partial charge in [0.2, 0.25) is 0 Å². The Labute approximate surface area is 128 Å². The Morgan fingerprint density at radius 3 is 2.50 bits per heavy atom. The molecule has 0 atom stereocenters. The minimum absolute atomic E-state index is 0.946. The van der Waals surface area contributed by atoms with Crippen LogP contribution in [0.1, 0.15) is 0 Å². The second-order valence-corrected chi connectivity index (χ2v) is 5.30. The van der Waals surface area contributed by atoms with E-state index in [1.165, 1.54) is 5.69 Å². The average Bonchev–Trinajstić information content (AvgIpc) is 2.62. The van der Waals surface area contributed by atoms with Gasteiger partial charge in [-0.1, -0.05) is 0 Å². The van der Waals surface area contributed by atoms with E-state index in [0.717, 1.165) is 42.9 Å². The maximum absolute atomic E-state index is 4.37. The van der Waals surface area contributed by atoms with Crippen LogP contribution in [0.2, 0.25) is 0 Å². The van der Waals surface area contributed by atoms with Crippen LogP contribution in [0.3, 0.4) is 0 Å². The molecular weight excluding hydrogens is 276 g/mol. The number of fused-ring (bicyclic) bond motifs is 1. The van der Waals surface area contributed by atoms with Gasteiger partial charge in [-0.15, -0.1) is 0 Å². The summed E-state index contributed by atoms with van der Waals surface area (Å²) in [7, 11) is 0. The lowest BCUT2D eigenvalue weighted by atomic mass is 10.2. The highest BCUT2D eigenvalue weighted by molar-refractivity contribution is 5.81. The average molecular weight is 292 g/mol. The van der Waals surface area contributed by atoms with Crippen LogP contribution in [-0.4, -0.2) is 46.1 Å². The third kappa shape index (κ3) is 2.43. The maximum atomic E-state index is 4.37. The van der Waals surface area contributed by atoms with Crippen molar-refractivity contribution in [1.29, 1.82) is 0 Å². The smallest absolute Gasteiger partial charge is 0.147 e. The molecule has 110 valence electrons. The van der Waals surface area contributed by atoms with E-state index in [-0.39, 0.29) is 0 Å². The van der Waals surface area contributed by atoms with E-state index in [0.29, 0.717) is 0 Å². The van der Waals surface area contributed by atoms with E-state index in [1.807, 2.05) is 12.4 Å². The lowest BCUT2D eigenvalue weighted by molar-refractivity contribution is 0.646. The summed E-state index contributed by atoms with van der Waals surface area (Å²) in [6.45, 7) is 3.83. The topological polar surface area (TPSA) is 58.0 Å². The minimum atomic E-state index is 0.946.